The van der Waals surface area contributed by atoms with E-state index in [0.29, 0.717) is 5.82 Å². The van der Waals surface area contributed by atoms with Crippen molar-refractivity contribution in [3.63, 3.8) is 0 Å². The summed E-state index contributed by atoms with van der Waals surface area (Å²) in [6.07, 6.45) is 3.12. The van der Waals surface area contributed by atoms with Gasteiger partial charge in [-0.15, -0.1) is 0 Å². The van der Waals surface area contributed by atoms with E-state index in [1.54, 1.807) is 12.4 Å². The number of nitrogens with zero attached hydrogens (tertiary/aromatic N) is 2. The topological polar surface area (TPSA) is 103 Å². The predicted molar refractivity (Wildman–Crippen MR) is 60.7 cm³/mol. The number of rotatable bonds is 7. The third kappa shape index (κ3) is 4.53. The lowest BCUT2D eigenvalue weighted by molar-refractivity contribution is -0.137. The molecule has 1 heterocycles. The third-order valence-electron chi connectivity index (χ3n) is 2.20. The first kappa shape index (κ1) is 13.7. The average molecular weight is 261 g/mol. The number of carbonyl (C=O) groups is 1. The van der Waals surface area contributed by atoms with Crippen LogP contribution in [0.15, 0.2) is 12.4 Å². The molecule has 1 rings (SSSR count). The Morgan fingerprint density at radius 1 is 1.59 bits per heavy atom. The highest BCUT2D eigenvalue weighted by molar-refractivity contribution is 7.89. The second kappa shape index (κ2) is 5.78. The fraction of sp³-hybridized carbons (Fsp3) is 0.556. The summed E-state index contributed by atoms with van der Waals surface area (Å²) in [5.41, 5.74) is 0. The molecular weight excluding hydrogens is 246 g/mol. The Kier molecular flexibility index (Phi) is 4.64. The number of carboxylic acids is 1. The van der Waals surface area contributed by atoms with E-state index in [4.69, 9.17) is 5.11 Å². The number of hydrogen-bond donors (Lipinski definition) is 2. The van der Waals surface area contributed by atoms with E-state index >= 15 is 0 Å². The minimum absolute atomic E-state index is 0.111. The molecule has 0 unspecified atom stereocenters. The van der Waals surface area contributed by atoms with Crippen LogP contribution in [0.5, 0.6) is 0 Å². The summed E-state index contributed by atoms with van der Waals surface area (Å²) < 4.78 is 24.6. The Balaban J connectivity index is 2.49. The molecule has 0 bridgehead atoms. The largest absolute Gasteiger partial charge is 0.481 e. The van der Waals surface area contributed by atoms with Gasteiger partial charge in [-0.05, 0) is 6.42 Å². The molecule has 0 atom stereocenters. The fourth-order valence-corrected chi connectivity index (χ4v) is 2.40. The van der Waals surface area contributed by atoms with Gasteiger partial charge in [-0.2, -0.15) is 4.31 Å². The molecule has 0 aliphatic heterocycles. The molecule has 0 aliphatic rings. The van der Waals surface area contributed by atoms with Crippen LogP contribution < -0.4 is 0 Å². The molecule has 2 N–H and O–H groups in total. The van der Waals surface area contributed by atoms with Gasteiger partial charge in [0.05, 0.1) is 12.3 Å². The van der Waals surface area contributed by atoms with Crippen LogP contribution >= 0.6 is 0 Å². The van der Waals surface area contributed by atoms with Crippen molar-refractivity contribution < 1.29 is 18.3 Å². The summed E-state index contributed by atoms with van der Waals surface area (Å²) in [5.74, 6) is -0.612. The van der Waals surface area contributed by atoms with E-state index in [2.05, 4.69) is 9.97 Å². The van der Waals surface area contributed by atoms with Crippen LogP contribution in [0.25, 0.3) is 0 Å². The zero-order chi connectivity index (χ0) is 12.9. The molecule has 17 heavy (non-hydrogen) atoms. The van der Waals surface area contributed by atoms with Gasteiger partial charge in [0.15, 0.2) is 0 Å². The summed E-state index contributed by atoms with van der Waals surface area (Å²) in [6.45, 7) is 0.155. The number of hydrogen-bond acceptors (Lipinski definition) is 4. The van der Waals surface area contributed by atoms with Gasteiger partial charge in [-0.25, -0.2) is 13.4 Å². The molecule has 1 aromatic rings. The first-order chi connectivity index (χ1) is 7.92. The number of aromatic amines is 1. The molecular formula is C9H15N3O4S. The maximum Gasteiger partial charge on any atom is 0.303 e. The van der Waals surface area contributed by atoms with Crippen LogP contribution in [0.1, 0.15) is 18.7 Å². The smallest absolute Gasteiger partial charge is 0.303 e. The molecule has 0 amide bonds. The van der Waals surface area contributed by atoms with Crippen LogP contribution in [-0.4, -0.2) is 46.6 Å². The fourth-order valence-electron chi connectivity index (χ4n) is 1.26. The van der Waals surface area contributed by atoms with Gasteiger partial charge in [-0.3, -0.25) is 4.79 Å². The van der Waals surface area contributed by atoms with Crippen molar-refractivity contribution in [3.8, 4) is 0 Å². The number of imidazole rings is 1. The molecule has 0 fully saturated rings. The number of carboxylic acid groups (broad SMARTS) is 1. The van der Waals surface area contributed by atoms with E-state index in [-0.39, 0.29) is 25.1 Å². The van der Waals surface area contributed by atoms with E-state index in [1.165, 1.54) is 7.05 Å². The van der Waals surface area contributed by atoms with E-state index in [0.717, 1.165) is 4.31 Å². The Morgan fingerprint density at radius 2 is 2.29 bits per heavy atom. The maximum absolute atomic E-state index is 11.7. The van der Waals surface area contributed by atoms with Crippen molar-refractivity contribution in [1.82, 2.24) is 14.3 Å². The van der Waals surface area contributed by atoms with Gasteiger partial charge >= 0.3 is 5.97 Å². The zero-order valence-corrected chi connectivity index (χ0v) is 10.3. The molecule has 7 nitrogen and oxygen atoms in total. The molecule has 96 valence electrons. The lowest BCUT2D eigenvalue weighted by Gasteiger charge is -2.15. The molecule has 0 aliphatic carbocycles. The van der Waals surface area contributed by atoms with E-state index < -0.39 is 16.0 Å². The number of aromatic nitrogens is 2. The van der Waals surface area contributed by atoms with Crippen molar-refractivity contribution in [3.05, 3.63) is 18.2 Å². The van der Waals surface area contributed by atoms with Gasteiger partial charge in [-0.1, -0.05) is 0 Å². The maximum atomic E-state index is 11.7. The zero-order valence-electron chi connectivity index (χ0n) is 9.46. The van der Waals surface area contributed by atoms with Crippen molar-refractivity contribution >= 4 is 16.0 Å². The lowest BCUT2D eigenvalue weighted by Crippen LogP contribution is -2.29. The van der Waals surface area contributed by atoms with Crippen LogP contribution in [0, 0.1) is 0 Å². The molecule has 1 aromatic heterocycles. The second-order valence-electron chi connectivity index (χ2n) is 3.61. The van der Waals surface area contributed by atoms with Gasteiger partial charge in [0.25, 0.3) is 0 Å². The van der Waals surface area contributed by atoms with Crippen molar-refractivity contribution in [2.75, 3.05) is 12.8 Å². The standard InChI is InChI=1S/C9H15N3O4S/c1-12(7-8-10-4-5-11-8)17(15,16)6-2-3-9(13)14/h4-5H,2-3,6-7H2,1H3,(H,10,11)(H,13,14). The molecule has 0 saturated carbocycles. The monoisotopic (exact) mass is 261 g/mol. The second-order valence-corrected chi connectivity index (χ2v) is 5.80. The van der Waals surface area contributed by atoms with Crippen molar-refractivity contribution in [2.24, 2.45) is 0 Å². The van der Waals surface area contributed by atoms with E-state index in [9.17, 15) is 13.2 Å². The van der Waals surface area contributed by atoms with Crippen LogP contribution in [0.4, 0.5) is 0 Å². The highest BCUT2D eigenvalue weighted by Gasteiger charge is 2.18. The number of nitrogens with one attached hydrogen (secondary N) is 1. The number of sulfonamides is 1. The van der Waals surface area contributed by atoms with Crippen LogP contribution in [-0.2, 0) is 21.4 Å². The summed E-state index contributed by atoms with van der Waals surface area (Å²) in [4.78, 5) is 17.0. The minimum Gasteiger partial charge on any atom is -0.481 e. The van der Waals surface area contributed by atoms with Gasteiger partial charge in [0.2, 0.25) is 10.0 Å². The van der Waals surface area contributed by atoms with Crippen molar-refractivity contribution in [2.45, 2.75) is 19.4 Å². The Labute approximate surface area is 99.5 Å². The Morgan fingerprint density at radius 3 is 2.82 bits per heavy atom. The average Bonchev–Trinajstić information content (AvgIpc) is 2.69. The summed E-state index contributed by atoms with van der Waals surface area (Å²) in [5, 5.41) is 8.43. The van der Waals surface area contributed by atoms with Crippen LogP contribution in [0.3, 0.4) is 0 Å². The SMILES string of the molecule is CN(Cc1ncc[nH]1)S(=O)(=O)CCCC(=O)O. The minimum atomic E-state index is -3.42. The van der Waals surface area contributed by atoms with E-state index in [1.807, 2.05) is 0 Å². The third-order valence-corrected chi connectivity index (χ3v) is 4.08. The molecule has 0 saturated heterocycles. The quantitative estimate of drug-likeness (QED) is 0.721. The number of H-pyrrole nitrogens is 1. The lowest BCUT2D eigenvalue weighted by atomic mass is 10.3. The first-order valence-corrected chi connectivity index (χ1v) is 6.67. The Hall–Kier alpha value is -1.41. The summed E-state index contributed by atoms with van der Waals surface area (Å²) in [6, 6.07) is 0. The summed E-state index contributed by atoms with van der Waals surface area (Å²) >= 11 is 0. The van der Waals surface area contributed by atoms with Gasteiger partial charge in [0.1, 0.15) is 5.82 Å². The molecule has 0 radical (unpaired) electrons. The molecule has 0 aromatic carbocycles. The first-order valence-electron chi connectivity index (χ1n) is 5.06. The van der Waals surface area contributed by atoms with Gasteiger partial charge in [0, 0.05) is 25.9 Å². The van der Waals surface area contributed by atoms with Crippen LogP contribution in [0.2, 0.25) is 0 Å². The normalized spacial score (nSPS) is 11.9. The van der Waals surface area contributed by atoms with Crippen molar-refractivity contribution in [1.29, 1.82) is 0 Å². The summed E-state index contributed by atoms with van der Waals surface area (Å²) in [7, 11) is -1.98. The highest BCUT2D eigenvalue weighted by Crippen LogP contribution is 2.06. The predicted octanol–water partition coefficient (Wildman–Crippen LogP) is 0.0361. The molecule has 0 spiro atoms. The molecule has 8 heteroatoms. The number of aliphatic carboxylic acids is 1. The highest BCUT2D eigenvalue weighted by atomic mass is 32.2. The van der Waals surface area contributed by atoms with Gasteiger partial charge < -0.3 is 10.1 Å². The Bertz CT molecular complexity index is 455.